The Balaban J connectivity index is 1.54. The molecular formula is C29H33FN4O3S2. The van der Waals surface area contributed by atoms with Crippen molar-refractivity contribution in [1.29, 1.82) is 0 Å². The molecule has 2 aromatic carbocycles. The van der Waals surface area contributed by atoms with E-state index in [-0.39, 0.29) is 11.7 Å². The van der Waals surface area contributed by atoms with Crippen LogP contribution in [0.4, 0.5) is 10.1 Å². The van der Waals surface area contributed by atoms with Crippen molar-refractivity contribution in [1.82, 2.24) is 14.6 Å². The van der Waals surface area contributed by atoms with E-state index in [0.717, 1.165) is 52.7 Å². The summed E-state index contributed by atoms with van der Waals surface area (Å²) < 4.78 is 49.7. The second-order valence-corrected chi connectivity index (χ2v) is 12.7. The van der Waals surface area contributed by atoms with Gasteiger partial charge in [-0.1, -0.05) is 6.07 Å². The van der Waals surface area contributed by atoms with Gasteiger partial charge >= 0.3 is 0 Å². The zero-order valence-corrected chi connectivity index (χ0v) is 24.0. The first-order chi connectivity index (χ1) is 18.9. The third-order valence-corrected chi connectivity index (χ3v) is 9.71. The summed E-state index contributed by atoms with van der Waals surface area (Å²) in [5.41, 5.74) is 5.31. The normalized spacial score (nSPS) is 17.8. The molecule has 1 saturated heterocycles. The second kappa shape index (κ2) is 12.3. The number of nitrogens with zero attached hydrogens (tertiary/aromatic N) is 3. The molecule has 206 valence electrons. The Hall–Kier alpha value is -2.60. The maximum atomic E-state index is 13.6. The van der Waals surface area contributed by atoms with Crippen LogP contribution in [0.25, 0.3) is 22.3 Å². The number of pyridine rings is 1. The van der Waals surface area contributed by atoms with Crippen molar-refractivity contribution < 1.29 is 17.9 Å². The molecule has 0 bridgehead atoms. The minimum atomic E-state index is -1.25. The lowest BCUT2D eigenvalue weighted by Crippen LogP contribution is -2.40. The van der Waals surface area contributed by atoms with Gasteiger partial charge in [-0.3, -0.25) is 4.98 Å². The summed E-state index contributed by atoms with van der Waals surface area (Å²) >= 11 is -2.42. The highest BCUT2D eigenvalue weighted by Gasteiger charge is 2.33. The average Bonchev–Trinajstić information content (AvgIpc) is 3.30. The molecule has 3 heterocycles. The smallest absolute Gasteiger partial charge is 0.152 e. The molecule has 2 unspecified atom stereocenters. The summed E-state index contributed by atoms with van der Waals surface area (Å²) in [6.45, 7) is 1.97. The molecular weight excluding hydrogens is 535 g/mol. The number of anilines is 1. The van der Waals surface area contributed by atoms with Crippen LogP contribution in [0.1, 0.15) is 35.4 Å². The van der Waals surface area contributed by atoms with Gasteiger partial charge in [0.15, 0.2) is 5.75 Å². The molecule has 3 atom stereocenters. The molecule has 1 aliphatic heterocycles. The van der Waals surface area contributed by atoms with E-state index in [0.29, 0.717) is 30.2 Å². The van der Waals surface area contributed by atoms with Crippen LogP contribution in [0.2, 0.25) is 0 Å². The summed E-state index contributed by atoms with van der Waals surface area (Å²) in [4.78, 5) is 4.15. The fraction of sp³-hybridized carbons (Fsp3) is 0.345. The number of piperidine rings is 1. The van der Waals surface area contributed by atoms with E-state index in [2.05, 4.69) is 16.4 Å². The summed E-state index contributed by atoms with van der Waals surface area (Å²) in [5, 5.41) is 4.20. The molecule has 7 nitrogen and oxygen atoms in total. The van der Waals surface area contributed by atoms with Crippen molar-refractivity contribution in [3.63, 3.8) is 0 Å². The summed E-state index contributed by atoms with van der Waals surface area (Å²) in [7, 11) is 3.70. The molecule has 1 fully saturated rings. The predicted molar refractivity (Wildman–Crippen MR) is 156 cm³/mol. The highest BCUT2D eigenvalue weighted by Crippen LogP contribution is 2.42. The molecule has 0 radical (unpaired) electrons. The van der Waals surface area contributed by atoms with E-state index in [1.165, 1.54) is 12.1 Å². The van der Waals surface area contributed by atoms with Gasteiger partial charge in [0.1, 0.15) is 23.4 Å². The van der Waals surface area contributed by atoms with E-state index in [4.69, 9.17) is 4.42 Å². The Morgan fingerprint density at radius 1 is 1.21 bits per heavy atom. The predicted octanol–water partition coefficient (Wildman–Crippen LogP) is 5.13. The molecule has 0 saturated carbocycles. The van der Waals surface area contributed by atoms with Gasteiger partial charge in [0.05, 0.1) is 30.6 Å². The number of halogens is 1. The number of fused-ring (bicyclic) bond motifs is 1. The Kier molecular flexibility index (Phi) is 8.80. The number of hydrogen-bond acceptors (Lipinski definition) is 7. The number of nitrogens with one attached hydrogen (secondary N) is 1. The van der Waals surface area contributed by atoms with Crippen molar-refractivity contribution >= 4 is 39.4 Å². The van der Waals surface area contributed by atoms with Gasteiger partial charge in [0, 0.05) is 70.9 Å². The van der Waals surface area contributed by atoms with Crippen LogP contribution in [-0.4, -0.2) is 51.8 Å². The first-order valence-corrected chi connectivity index (χ1v) is 15.7. The van der Waals surface area contributed by atoms with Crippen molar-refractivity contribution in [2.24, 2.45) is 0 Å². The summed E-state index contributed by atoms with van der Waals surface area (Å²) in [6, 6.07) is 14.2. The zero-order chi connectivity index (χ0) is 27.5. The molecule has 4 aromatic rings. The Morgan fingerprint density at radius 3 is 2.69 bits per heavy atom. The van der Waals surface area contributed by atoms with Crippen molar-refractivity contribution in [2.45, 2.75) is 31.1 Å². The van der Waals surface area contributed by atoms with E-state index in [1.807, 2.05) is 36.6 Å². The number of benzene rings is 2. The van der Waals surface area contributed by atoms with E-state index in [9.17, 15) is 13.5 Å². The third-order valence-electron chi connectivity index (χ3n) is 7.25. The lowest BCUT2D eigenvalue weighted by molar-refractivity contribution is 0.315. The summed E-state index contributed by atoms with van der Waals surface area (Å²) in [5.74, 6) is 0.920. The molecule has 1 aliphatic rings. The maximum absolute atomic E-state index is 13.6. The quantitative estimate of drug-likeness (QED) is 0.280. The lowest BCUT2D eigenvalue weighted by Gasteiger charge is -2.34. The fourth-order valence-electron chi connectivity index (χ4n) is 5.22. The summed E-state index contributed by atoms with van der Waals surface area (Å²) in [6.07, 6.45) is 6.98. The number of hydrogen-bond donors (Lipinski definition) is 1. The first-order valence-electron chi connectivity index (χ1n) is 12.9. The van der Waals surface area contributed by atoms with Crippen LogP contribution < -0.4 is 9.62 Å². The molecule has 39 heavy (non-hydrogen) atoms. The number of furan rings is 1. The van der Waals surface area contributed by atoms with E-state index < -0.39 is 22.7 Å². The van der Waals surface area contributed by atoms with Crippen LogP contribution in [0.15, 0.2) is 65.3 Å². The zero-order valence-electron chi connectivity index (χ0n) is 22.4. The highest BCUT2D eigenvalue weighted by atomic mass is 32.2. The standard InChI is InChI=1S/C29H33FN4O3S2/c1-31-17-26-25-14-24(22-7-5-13-34(18-22)39(36)19-20-6-4-12-32-16-20)27(33(2)38(3)35)15-28(25)37-29(26)21-8-10-23(30)11-9-21/h4,6,8-12,14-16,22,31H,5,7,13,17-19H2,1-3H3/t22-,38?,39?/m1/s1. The molecule has 2 aromatic heterocycles. The first kappa shape index (κ1) is 27.9. The molecule has 1 N–H and O–H groups in total. The molecule has 5 rings (SSSR count). The topological polar surface area (TPSA) is 90.7 Å². The third kappa shape index (κ3) is 6.11. The largest absolute Gasteiger partial charge is 0.598 e. The SMILES string of the molecule is CNCc1c(-c2ccc(F)cc2)oc2cc(N(C)[S+](C)[O-])c([C@@H]3CCCN([S+]([O-])Cc4cccnc4)C3)cc12. The molecule has 0 aliphatic carbocycles. The van der Waals surface area contributed by atoms with E-state index >= 15 is 0 Å². The van der Waals surface area contributed by atoms with Gasteiger partial charge in [0.2, 0.25) is 0 Å². The molecule has 0 amide bonds. The second-order valence-electron chi connectivity index (χ2n) is 9.83. The Labute approximate surface area is 235 Å². The van der Waals surface area contributed by atoms with Crippen molar-refractivity contribution in [3.8, 4) is 11.3 Å². The highest BCUT2D eigenvalue weighted by molar-refractivity contribution is 7.92. The molecule has 0 spiro atoms. The minimum Gasteiger partial charge on any atom is -0.598 e. The Bertz CT molecular complexity index is 1400. The fourth-order valence-corrected chi connectivity index (χ4v) is 6.98. The minimum absolute atomic E-state index is 0.105. The van der Waals surface area contributed by atoms with E-state index in [1.54, 1.807) is 35.1 Å². The average molecular weight is 569 g/mol. The number of rotatable bonds is 9. The Morgan fingerprint density at radius 2 is 2.00 bits per heavy atom. The van der Waals surface area contributed by atoms with Gasteiger partial charge in [-0.15, -0.1) is 4.31 Å². The van der Waals surface area contributed by atoms with Gasteiger partial charge in [0.25, 0.3) is 0 Å². The van der Waals surface area contributed by atoms with Crippen molar-refractivity contribution in [2.75, 3.05) is 37.7 Å². The maximum Gasteiger partial charge on any atom is 0.152 e. The monoisotopic (exact) mass is 568 g/mol. The van der Waals surface area contributed by atoms with Gasteiger partial charge in [-0.25, -0.2) is 4.39 Å². The molecule has 10 heteroatoms. The van der Waals surface area contributed by atoms with Crippen LogP contribution in [-0.2, 0) is 35.0 Å². The van der Waals surface area contributed by atoms with Crippen LogP contribution in [0.5, 0.6) is 0 Å². The lowest BCUT2D eigenvalue weighted by atomic mass is 9.89. The van der Waals surface area contributed by atoms with Gasteiger partial charge in [-0.05, 0) is 61.9 Å². The number of aromatic nitrogens is 1. The van der Waals surface area contributed by atoms with Crippen LogP contribution >= 0.6 is 0 Å². The van der Waals surface area contributed by atoms with Crippen molar-refractivity contribution in [3.05, 3.63) is 83.4 Å². The van der Waals surface area contributed by atoms with Crippen LogP contribution in [0, 0.1) is 5.82 Å². The van der Waals surface area contributed by atoms with Crippen LogP contribution in [0.3, 0.4) is 0 Å². The van der Waals surface area contributed by atoms with Gasteiger partial charge in [-0.2, -0.15) is 4.31 Å². The van der Waals surface area contributed by atoms with Gasteiger partial charge < -0.3 is 18.8 Å².